The SMILES string of the molecule is N#CC[C@@H]([C@H]1CCN(c2nc(Cl)c(F)cc2NC=O)C1)n1cc(-c2ncnc3[nH]ccc23)cn1. The number of hydrogen-bond donors (Lipinski definition) is 2. The smallest absolute Gasteiger partial charge is 0.211 e. The Morgan fingerprint density at radius 2 is 2.32 bits per heavy atom. The molecule has 4 aromatic rings. The molecule has 0 saturated carbocycles. The van der Waals surface area contributed by atoms with Gasteiger partial charge in [0, 0.05) is 48.4 Å². The van der Waals surface area contributed by atoms with Gasteiger partial charge in [0.25, 0.3) is 0 Å². The summed E-state index contributed by atoms with van der Waals surface area (Å²) in [4.78, 5) is 28.8. The molecule has 2 N–H and O–H groups in total. The highest BCUT2D eigenvalue weighted by Crippen LogP contribution is 2.36. The lowest BCUT2D eigenvalue weighted by molar-refractivity contribution is -0.105. The van der Waals surface area contributed by atoms with Crippen LogP contribution in [0.4, 0.5) is 15.9 Å². The number of halogens is 2. The third-order valence-electron chi connectivity index (χ3n) is 6.07. The minimum Gasteiger partial charge on any atom is -0.354 e. The normalized spacial score (nSPS) is 16.5. The number of rotatable bonds is 7. The van der Waals surface area contributed by atoms with E-state index in [0.29, 0.717) is 25.3 Å². The van der Waals surface area contributed by atoms with Gasteiger partial charge in [0.05, 0.1) is 36.1 Å². The van der Waals surface area contributed by atoms with Crippen molar-refractivity contribution >= 4 is 40.5 Å². The summed E-state index contributed by atoms with van der Waals surface area (Å²) in [6.45, 7) is 1.15. The molecule has 1 aliphatic rings. The van der Waals surface area contributed by atoms with E-state index in [1.807, 2.05) is 28.0 Å². The number of nitrogens with zero attached hydrogens (tertiary/aromatic N) is 7. The number of H-pyrrole nitrogens is 1. The van der Waals surface area contributed by atoms with Gasteiger partial charge in [0.15, 0.2) is 16.8 Å². The number of carbonyl (C=O) groups is 1. The third kappa shape index (κ3) is 3.92. The molecule has 1 fully saturated rings. The standard InChI is InChI=1S/C22H19ClFN9O/c23-20-16(24)7-17(29-12-34)22(31-20)32-6-3-13(9-32)18(1-4-25)33-10-14(8-30-33)19-15-2-5-26-21(15)28-11-27-19/h2,5,7-8,10-13,18H,1,3,6,9H2,(H,29,34)(H,26,27,28)/t13-,18-/m0/s1. The van der Waals surface area contributed by atoms with Crippen LogP contribution >= 0.6 is 11.6 Å². The molecule has 0 aromatic carbocycles. The average molecular weight is 480 g/mol. The number of anilines is 2. The summed E-state index contributed by atoms with van der Waals surface area (Å²) < 4.78 is 15.7. The first-order valence-corrected chi connectivity index (χ1v) is 11.0. The van der Waals surface area contributed by atoms with Crippen LogP contribution in [0.2, 0.25) is 5.15 Å². The van der Waals surface area contributed by atoms with Gasteiger partial charge in [-0.3, -0.25) is 9.48 Å². The van der Waals surface area contributed by atoms with Gasteiger partial charge in [0.2, 0.25) is 6.41 Å². The number of amides is 1. The minimum absolute atomic E-state index is 0.0692. The van der Waals surface area contributed by atoms with Gasteiger partial charge in [-0.05, 0) is 12.5 Å². The molecule has 1 amide bonds. The van der Waals surface area contributed by atoms with Crippen LogP contribution in [-0.2, 0) is 4.79 Å². The Hall–Kier alpha value is -4.04. The highest BCUT2D eigenvalue weighted by Gasteiger charge is 2.33. The number of pyridine rings is 1. The Labute approximate surface area is 198 Å². The van der Waals surface area contributed by atoms with Gasteiger partial charge < -0.3 is 15.2 Å². The van der Waals surface area contributed by atoms with Crippen LogP contribution in [0.5, 0.6) is 0 Å². The fourth-order valence-corrected chi connectivity index (χ4v) is 4.61. The summed E-state index contributed by atoms with van der Waals surface area (Å²) in [5.74, 6) is -0.244. The number of fused-ring (bicyclic) bond motifs is 1. The number of aromatic nitrogens is 6. The maximum absolute atomic E-state index is 13.9. The van der Waals surface area contributed by atoms with Crippen molar-refractivity contribution in [2.45, 2.75) is 18.9 Å². The monoisotopic (exact) mass is 479 g/mol. The van der Waals surface area contributed by atoms with Gasteiger partial charge in [-0.2, -0.15) is 10.4 Å². The zero-order valence-corrected chi connectivity index (χ0v) is 18.6. The van der Waals surface area contributed by atoms with Crippen molar-refractivity contribution < 1.29 is 9.18 Å². The zero-order chi connectivity index (χ0) is 23.7. The molecular formula is C22H19ClFN9O. The number of hydrogen-bond acceptors (Lipinski definition) is 7. The van der Waals surface area contributed by atoms with E-state index in [-0.39, 0.29) is 29.2 Å². The Kier molecular flexibility index (Phi) is 5.81. The second-order valence-electron chi connectivity index (χ2n) is 7.99. The van der Waals surface area contributed by atoms with Crippen molar-refractivity contribution in [2.75, 3.05) is 23.3 Å². The Bertz CT molecular complexity index is 1390. The lowest BCUT2D eigenvalue weighted by atomic mass is 9.96. The Balaban J connectivity index is 1.41. The molecule has 5 rings (SSSR count). The maximum Gasteiger partial charge on any atom is 0.211 e. The first-order chi connectivity index (χ1) is 16.6. The molecular weight excluding hydrogens is 461 g/mol. The highest BCUT2D eigenvalue weighted by atomic mass is 35.5. The number of nitrogens with one attached hydrogen (secondary N) is 2. The second-order valence-corrected chi connectivity index (χ2v) is 8.35. The van der Waals surface area contributed by atoms with Gasteiger partial charge in [-0.25, -0.2) is 19.3 Å². The summed E-state index contributed by atoms with van der Waals surface area (Å²) in [6, 6.07) is 5.14. The molecule has 4 aromatic heterocycles. The van der Waals surface area contributed by atoms with Crippen molar-refractivity contribution in [1.82, 2.24) is 29.7 Å². The highest BCUT2D eigenvalue weighted by molar-refractivity contribution is 6.29. The van der Waals surface area contributed by atoms with Crippen LogP contribution in [0.3, 0.4) is 0 Å². The molecule has 0 aliphatic carbocycles. The van der Waals surface area contributed by atoms with E-state index in [9.17, 15) is 14.4 Å². The summed E-state index contributed by atoms with van der Waals surface area (Å²) in [5, 5.41) is 17.2. The van der Waals surface area contributed by atoms with E-state index >= 15 is 0 Å². The molecule has 0 spiro atoms. The van der Waals surface area contributed by atoms with Gasteiger partial charge in [0.1, 0.15) is 12.0 Å². The van der Waals surface area contributed by atoms with Crippen LogP contribution in [-0.4, -0.2) is 49.2 Å². The lowest BCUT2D eigenvalue weighted by Crippen LogP contribution is -2.26. The van der Waals surface area contributed by atoms with Crippen molar-refractivity contribution in [3.63, 3.8) is 0 Å². The van der Waals surface area contributed by atoms with Crippen molar-refractivity contribution in [2.24, 2.45) is 5.92 Å². The lowest BCUT2D eigenvalue weighted by Gasteiger charge is -2.24. The Morgan fingerprint density at radius 3 is 3.15 bits per heavy atom. The number of nitriles is 1. The number of aromatic amines is 1. The topological polar surface area (TPSA) is 128 Å². The largest absolute Gasteiger partial charge is 0.354 e. The van der Waals surface area contributed by atoms with Crippen molar-refractivity contribution in [1.29, 1.82) is 5.26 Å². The molecule has 0 radical (unpaired) electrons. The summed E-state index contributed by atoms with van der Waals surface area (Å²) >= 11 is 5.90. The molecule has 34 heavy (non-hydrogen) atoms. The number of carbonyl (C=O) groups excluding carboxylic acids is 1. The van der Waals surface area contributed by atoms with Crippen molar-refractivity contribution in [3.05, 3.63) is 48.0 Å². The van der Waals surface area contributed by atoms with E-state index in [1.54, 1.807) is 6.20 Å². The third-order valence-corrected chi connectivity index (χ3v) is 6.33. The first kappa shape index (κ1) is 21.8. The quantitative estimate of drug-likeness (QED) is 0.306. The molecule has 0 bridgehead atoms. The predicted octanol–water partition coefficient (Wildman–Crippen LogP) is 3.56. The molecule has 0 unspecified atom stereocenters. The average Bonchev–Trinajstić information content (AvgIpc) is 3.60. The summed E-state index contributed by atoms with van der Waals surface area (Å²) in [5.41, 5.74) is 2.57. The van der Waals surface area contributed by atoms with Crippen LogP contribution < -0.4 is 10.2 Å². The Morgan fingerprint density at radius 1 is 1.44 bits per heavy atom. The fourth-order valence-electron chi connectivity index (χ4n) is 4.48. The predicted molar refractivity (Wildman–Crippen MR) is 124 cm³/mol. The second kappa shape index (κ2) is 9.07. The van der Waals surface area contributed by atoms with Crippen LogP contribution in [0.25, 0.3) is 22.3 Å². The molecule has 5 heterocycles. The van der Waals surface area contributed by atoms with Crippen LogP contribution in [0.1, 0.15) is 18.9 Å². The molecule has 1 saturated heterocycles. The van der Waals surface area contributed by atoms with Crippen LogP contribution in [0, 0.1) is 23.1 Å². The maximum atomic E-state index is 13.9. The van der Waals surface area contributed by atoms with E-state index in [4.69, 9.17) is 11.6 Å². The van der Waals surface area contributed by atoms with E-state index in [0.717, 1.165) is 34.8 Å². The fraction of sp³-hybridized carbons (Fsp3) is 0.273. The molecule has 12 heteroatoms. The van der Waals surface area contributed by atoms with Crippen LogP contribution in [0.15, 0.2) is 37.1 Å². The van der Waals surface area contributed by atoms with E-state index in [2.05, 4.69) is 36.4 Å². The van der Waals surface area contributed by atoms with Gasteiger partial charge in [-0.15, -0.1) is 0 Å². The van der Waals surface area contributed by atoms with E-state index in [1.165, 1.54) is 6.33 Å². The van der Waals surface area contributed by atoms with Gasteiger partial charge in [-0.1, -0.05) is 11.6 Å². The minimum atomic E-state index is -0.710. The molecule has 172 valence electrons. The van der Waals surface area contributed by atoms with E-state index < -0.39 is 5.82 Å². The van der Waals surface area contributed by atoms with Gasteiger partial charge >= 0.3 is 0 Å². The first-order valence-electron chi connectivity index (χ1n) is 10.6. The summed E-state index contributed by atoms with van der Waals surface area (Å²) in [7, 11) is 0. The molecule has 2 atom stereocenters. The molecule has 1 aliphatic heterocycles. The summed E-state index contributed by atoms with van der Waals surface area (Å²) in [6.07, 6.45) is 8.43. The van der Waals surface area contributed by atoms with Crippen molar-refractivity contribution in [3.8, 4) is 17.3 Å². The molecule has 10 nitrogen and oxygen atoms in total. The zero-order valence-electron chi connectivity index (χ0n) is 17.8.